The van der Waals surface area contributed by atoms with E-state index in [4.69, 9.17) is 4.74 Å². The third kappa shape index (κ3) is 3.44. The van der Waals surface area contributed by atoms with Gasteiger partial charge in [0.05, 0.1) is 11.8 Å². The van der Waals surface area contributed by atoms with Gasteiger partial charge >= 0.3 is 5.97 Å². The van der Waals surface area contributed by atoms with E-state index in [0.717, 1.165) is 19.3 Å². The number of ether oxygens (including phenoxy) is 1. The van der Waals surface area contributed by atoms with Gasteiger partial charge in [0, 0.05) is 4.92 Å². The molecule has 0 aliphatic heterocycles. The molecule has 1 fully saturated rings. The molecule has 5 heteroatoms. The van der Waals surface area contributed by atoms with E-state index in [1.54, 1.807) is 0 Å². The van der Waals surface area contributed by atoms with Gasteiger partial charge in [-0.15, -0.1) is 0 Å². The summed E-state index contributed by atoms with van der Waals surface area (Å²) in [6.07, 6.45) is 5.13. The summed E-state index contributed by atoms with van der Waals surface area (Å²) in [6.45, 7) is 7.43. The van der Waals surface area contributed by atoms with Crippen molar-refractivity contribution in [2.24, 2.45) is 17.3 Å². The van der Waals surface area contributed by atoms with Crippen molar-refractivity contribution >= 4 is 5.97 Å². The smallest absolute Gasteiger partial charge is 0.307 e. The normalized spacial score (nSPS) is 31.1. The van der Waals surface area contributed by atoms with E-state index in [-0.39, 0.29) is 29.8 Å². The lowest BCUT2D eigenvalue weighted by molar-refractivity contribution is -0.506. The number of carbonyl (C=O) groups is 1. The zero-order valence-electron chi connectivity index (χ0n) is 13.3. The van der Waals surface area contributed by atoms with Crippen molar-refractivity contribution < 1.29 is 14.5 Å². The molecule has 1 saturated carbocycles. The number of rotatable bonds is 5. The molecule has 0 radical (unpaired) electrons. The van der Waals surface area contributed by atoms with Gasteiger partial charge in [0.1, 0.15) is 5.60 Å². The number of esters is 1. The average molecular weight is 295 g/mol. The molecule has 0 aromatic heterocycles. The SMILES string of the molecule is CCC1=C[C@@H]2[C@H](C1)C[C@@]2(CC(=O)OC(C)(C)C)C[N+](=O)[O-]. The van der Waals surface area contributed by atoms with Crippen molar-refractivity contribution in [3.05, 3.63) is 21.8 Å². The summed E-state index contributed by atoms with van der Waals surface area (Å²) in [6, 6.07) is 0. The maximum absolute atomic E-state index is 12.1. The second kappa shape index (κ2) is 5.43. The molecule has 0 saturated heterocycles. The zero-order valence-corrected chi connectivity index (χ0v) is 13.3. The Morgan fingerprint density at radius 3 is 2.71 bits per heavy atom. The van der Waals surface area contributed by atoms with Gasteiger partial charge in [-0.05, 0) is 51.9 Å². The molecule has 118 valence electrons. The Morgan fingerprint density at radius 1 is 1.52 bits per heavy atom. The highest BCUT2D eigenvalue weighted by Crippen LogP contribution is 2.60. The first kappa shape index (κ1) is 16.0. The standard InChI is InChI=1S/C16H25NO4/c1-5-11-6-12-8-16(10-17(19)20,13(12)7-11)9-14(18)21-15(2,3)4/h7,12-13H,5-6,8-10H2,1-4H3/t12-,13-,16-/m1/s1. The Labute approximate surface area is 125 Å². The van der Waals surface area contributed by atoms with Crippen LogP contribution in [0.5, 0.6) is 0 Å². The van der Waals surface area contributed by atoms with Crippen molar-refractivity contribution in [1.82, 2.24) is 0 Å². The summed E-state index contributed by atoms with van der Waals surface area (Å²) in [4.78, 5) is 22.9. The van der Waals surface area contributed by atoms with Crippen LogP contribution in [0.3, 0.4) is 0 Å². The quantitative estimate of drug-likeness (QED) is 0.337. The monoisotopic (exact) mass is 295 g/mol. The van der Waals surface area contributed by atoms with Crippen LogP contribution in [0, 0.1) is 27.4 Å². The van der Waals surface area contributed by atoms with Gasteiger partial charge in [-0.2, -0.15) is 0 Å². The van der Waals surface area contributed by atoms with E-state index in [2.05, 4.69) is 13.0 Å². The van der Waals surface area contributed by atoms with Crippen molar-refractivity contribution in [2.75, 3.05) is 6.54 Å². The molecule has 2 aliphatic rings. The topological polar surface area (TPSA) is 69.4 Å². The molecular weight excluding hydrogens is 270 g/mol. The summed E-state index contributed by atoms with van der Waals surface area (Å²) in [5, 5.41) is 11.0. The molecule has 2 rings (SSSR count). The predicted octanol–water partition coefficient (Wildman–Crippen LogP) is 3.36. The minimum atomic E-state index is -0.546. The van der Waals surface area contributed by atoms with Gasteiger partial charge in [-0.1, -0.05) is 18.6 Å². The van der Waals surface area contributed by atoms with Crippen LogP contribution in [-0.4, -0.2) is 23.0 Å². The zero-order chi connectivity index (χ0) is 15.8. The van der Waals surface area contributed by atoms with Crippen LogP contribution >= 0.6 is 0 Å². The number of carbonyl (C=O) groups excluding carboxylic acids is 1. The fraction of sp³-hybridized carbons (Fsp3) is 0.812. The third-order valence-electron chi connectivity index (χ3n) is 4.64. The summed E-state index contributed by atoms with van der Waals surface area (Å²) < 4.78 is 5.37. The highest BCUT2D eigenvalue weighted by molar-refractivity contribution is 5.71. The van der Waals surface area contributed by atoms with Crippen molar-refractivity contribution in [3.63, 3.8) is 0 Å². The van der Waals surface area contributed by atoms with Gasteiger partial charge in [-0.3, -0.25) is 14.9 Å². The van der Waals surface area contributed by atoms with E-state index in [1.807, 2.05) is 20.8 Å². The lowest BCUT2D eigenvalue weighted by Crippen LogP contribution is -2.51. The highest BCUT2D eigenvalue weighted by Gasteiger charge is 2.58. The fourth-order valence-corrected chi connectivity index (χ4v) is 3.90. The molecule has 0 amide bonds. The van der Waals surface area contributed by atoms with E-state index >= 15 is 0 Å². The number of fused-ring (bicyclic) bond motifs is 1. The Kier molecular flexibility index (Phi) is 4.13. The second-order valence-corrected chi connectivity index (χ2v) is 7.49. The molecule has 0 heterocycles. The van der Waals surface area contributed by atoms with E-state index in [1.165, 1.54) is 5.57 Å². The number of allylic oxidation sites excluding steroid dienone is 2. The third-order valence-corrected chi connectivity index (χ3v) is 4.64. The molecule has 0 spiro atoms. The molecular formula is C16H25NO4. The van der Waals surface area contributed by atoms with Crippen molar-refractivity contribution in [1.29, 1.82) is 0 Å². The van der Waals surface area contributed by atoms with Crippen LogP contribution < -0.4 is 0 Å². The number of nitrogens with zero attached hydrogens (tertiary/aromatic N) is 1. The van der Waals surface area contributed by atoms with Crippen LogP contribution in [0.25, 0.3) is 0 Å². The summed E-state index contributed by atoms with van der Waals surface area (Å²) >= 11 is 0. The van der Waals surface area contributed by atoms with Crippen LogP contribution in [0.15, 0.2) is 11.6 Å². The minimum absolute atomic E-state index is 0.138. The minimum Gasteiger partial charge on any atom is -0.460 e. The summed E-state index contributed by atoms with van der Waals surface area (Å²) in [7, 11) is 0. The molecule has 21 heavy (non-hydrogen) atoms. The first-order valence-corrected chi connectivity index (χ1v) is 7.68. The molecule has 0 aromatic carbocycles. The first-order chi connectivity index (χ1) is 9.65. The Balaban J connectivity index is 2.11. The van der Waals surface area contributed by atoms with Crippen LogP contribution in [0.4, 0.5) is 0 Å². The predicted molar refractivity (Wildman–Crippen MR) is 79.3 cm³/mol. The van der Waals surface area contributed by atoms with Gasteiger partial charge in [0.15, 0.2) is 0 Å². The summed E-state index contributed by atoms with van der Waals surface area (Å²) in [5.74, 6) is 0.342. The lowest BCUT2D eigenvalue weighted by atomic mass is 9.53. The average Bonchev–Trinajstić information content (AvgIpc) is 2.63. The van der Waals surface area contributed by atoms with E-state index in [9.17, 15) is 14.9 Å². The first-order valence-electron chi connectivity index (χ1n) is 7.68. The highest BCUT2D eigenvalue weighted by atomic mass is 16.6. The molecule has 2 aliphatic carbocycles. The van der Waals surface area contributed by atoms with Gasteiger partial charge in [0.2, 0.25) is 6.54 Å². The van der Waals surface area contributed by atoms with Crippen LogP contribution in [0.2, 0.25) is 0 Å². The van der Waals surface area contributed by atoms with E-state index in [0.29, 0.717) is 5.92 Å². The van der Waals surface area contributed by atoms with Gasteiger partial charge in [-0.25, -0.2) is 0 Å². The molecule has 0 aromatic rings. The number of nitro groups is 1. The lowest BCUT2D eigenvalue weighted by Gasteiger charge is -2.49. The molecule has 0 bridgehead atoms. The number of hydrogen-bond donors (Lipinski definition) is 0. The second-order valence-electron chi connectivity index (χ2n) is 7.49. The van der Waals surface area contributed by atoms with Gasteiger partial charge < -0.3 is 4.74 Å². The Bertz CT molecular complexity index is 477. The van der Waals surface area contributed by atoms with Gasteiger partial charge in [0.25, 0.3) is 0 Å². The Hall–Kier alpha value is -1.39. The molecule has 3 atom stereocenters. The van der Waals surface area contributed by atoms with Crippen molar-refractivity contribution in [2.45, 2.75) is 59.0 Å². The maximum Gasteiger partial charge on any atom is 0.307 e. The van der Waals surface area contributed by atoms with E-state index < -0.39 is 11.0 Å². The summed E-state index contributed by atoms with van der Waals surface area (Å²) in [5.41, 5.74) is 0.295. The number of hydrogen-bond acceptors (Lipinski definition) is 4. The molecule has 0 unspecified atom stereocenters. The fourth-order valence-electron chi connectivity index (χ4n) is 3.90. The largest absolute Gasteiger partial charge is 0.460 e. The van der Waals surface area contributed by atoms with Crippen LogP contribution in [-0.2, 0) is 9.53 Å². The van der Waals surface area contributed by atoms with Crippen LogP contribution in [0.1, 0.15) is 53.4 Å². The molecule has 5 nitrogen and oxygen atoms in total. The van der Waals surface area contributed by atoms with Crippen molar-refractivity contribution in [3.8, 4) is 0 Å². The Morgan fingerprint density at radius 2 is 2.19 bits per heavy atom. The maximum atomic E-state index is 12.1. The molecule has 0 N–H and O–H groups in total.